The molecule has 3 aromatic carbocycles. The van der Waals surface area contributed by atoms with Crippen molar-refractivity contribution in [3.63, 3.8) is 0 Å². The van der Waals surface area contributed by atoms with Crippen molar-refractivity contribution in [2.45, 2.75) is 13.1 Å². The molecule has 0 radical (unpaired) electrons. The fourth-order valence-corrected chi connectivity index (χ4v) is 3.28. The van der Waals surface area contributed by atoms with Gasteiger partial charge in [-0.1, -0.05) is 72.3 Å². The van der Waals surface area contributed by atoms with E-state index in [1.807, 2.05) is 65.6 Å². The summed E-state index contributed by atoms with van der Waals surface area (Å²) in [4.78, 5) is 27.8. The molecule has 5 nitrogen and oxygen atoms in total. The van der Waals surface area contributed by atoms with Gasteiger partial charge >= 0.3 is 5.97 Å². The number of nitrogens with zero attached hydrogens (tertiary/aromatic N) is 2. The third kappa shape index (κ3) is 6.36. The molecule has 3 aromatic rings. The normalized spacial score (nSPS) is 10.4. The largest absolute Gasteiger partial charge is 0.480 e. The van der Waals surface area contributed by atoms with Gasteiger partial charge in [0.15, 0.2) is 0 Å². The van der Waals surface area contributed by atoms with E-state index in [9.17, 15) is 14.7 Å². The standard InChI is InChI=1S/C24H23ClN2O3/c25-21-13-11-20(12-14-21)16-27(18-24(29)30)23(28)17-26(22-9-5-2-6-10-22)15-19-7-3-1-4-8-19/h1-14H,15-18H2,(H,29,30). The molecule has 1 N–H and O–H groups in total. The Morgan fingerprint density at radius 3 is 1.90 bits per heavy atom. The van der Waals surface area contributed by atoms with E-state index in [1.54, 1.807) is 24.3 Å². The van der Waals surface area contributed by atoms with Crippen LogP contribution in [-0.2, 0) is 22.7 Å². The highest BCUT2D eigenvalue weighted by Crippen LogP contribution is 2.18. The van der Waals surface area contributed by atoms with Gasteiger partial charge in [-0.3, -0.25) is 9.59 Å². The molecule has 0 saturated carbocycles. The van der Waals surface area contributed by atoms with Crippen molar-refractivity contribution in [3.8, 4) is 0 Å². The van der Waals surface area contributed by atoms with Crippen LogP contribution in [0.2, 0.25) is 5.02 Å². The maximum Gasteiger partial charge on any atom is 0.323 e. The molecule has 0 aliphatic rings. The number of carboxylic acids is 1. The van der Waals surface area contributed by atoms with E-state index in [0.29, 0.717) is 11.6 Å². The first-order valence-electron chi connectivity index (χ1n) is 9.59. The van der Waals surface area contributed by atoms with Gasteiger partial charge in [0, 0.05) is 23.8 Å². The smallest absolute Gasteiger partial charge is 0.323 e. The molecule has 154 valence electrons. The molecule has 0 bridgehead atoms. The van der Waals surface area contributed by atoms with Crippen LogP contribution in [0.1, 0.15) is 11.1 Å². The van der Waals surface area contributed by atoms with Crippen molar-refractivity contribution >= 4 is 29.2 Å². The SMILES string of the molecule is O=C(O)CN(Cc1ccc(Cl)cc1)C(=O)CN(Cc1ccccc1)c1ccccc1. The second-order valence-corrected chi connectivity index (χ2v) is 7.38. The third-order valence-electron chi connectivity index (χ3n) is 4.63. The first-order valence-corrected chi connectivity index (χ1v) is 9.97. The number of rotatable bonds is 9. The fraction of sp³-hybridized carbons (Fsp3) is 0.167. The van der Waals surface area contributed by atoms with Gasteiger partial charge in [0.25, 0.3) is 0 Å². The van der Waals surface area contributed by atoms with Gasteiger partial charge in [-0.2, -0.15) is 0 Å². The van der Waals surface area contributed by atoms with Crippen LogP contribution in [-0.4, -0.2) is 35.0 Å². The number of amides is 1. The fourth-order valence-electron chi connectivity index (χ4n) is 3.15. The molecule has 0 saturated heterocycles. The Morgan fingerprint density at radius 2 is 1.30 bits per heavy atom. The van der Waals surface area contributed by atoms with Crippen molar-refractivity contribution in [3.05, 3.63) is 101 Å². The summed E-state index contributed by atoms with van der Waals surface area (Å²) in [7, 11) is 0. The predicted octanol–water partition coefficient (Wildman–Crippen LogP) is 4.46. The number of anilines is 1. The molecule has 6 heteroatoms. The molecule has 0 aromatic heterocycles. The summed E-state index contributed by atoms with van der Waals surface area (Å²) in [5.74, 6) is -1.31. The number of benzene rings is 3. The number of carbonyl (C=O) groups excluding carboxylic acids is 1. The minimum atomic E-state index is -1.05. The third-order valence-corrected chi connectivity index (χ3v) is 4.88. The van der Waals surface area contributed by atoms with Gasteiger partial charge < -0.3 is 14.9 Å². The molecule has 0 fully saturated rings. The van der Waals surface area contributed by atoms with Crippen LogP contribution >= 0.6 is 11.6 Å². The van der Waals surface area contributed by atoms with E-state index < -0.39 is 5.97 Å². The van der Waals surface area contributed by atoms with E-state index in [1.165, 1.54) is 4.90 Å². The number of carbonyl (C=O) groups is 2. The Labute approximate surface area is 181 Å². The van der Waals surface area contributed by atoms with E-state index in [2.05, 4.69) is 0 Å². The first-order chi connectivity index (χ1) is 14.5. The molecule has 0 aliphatic heterocycles. The predicted molar refractivity (Wildman–Crippen MR) is 118 cm³/mol. The molecule has 0 heterocycles. The summed E-state index contributed by atoms with van der Waals surface area (Å²) in [5.41, 5.74) is 2.79. The van der Waals surface area contributed by atoms with E-state index in [4.69, 9.17) is 11.6 Å². The van der Waals surface area contributed by atoms with Gasteiger partial charge in [0.1, 0.15) is 6.54 Å². The van der Waals surface area contributed by atoms with Gasteiger partial charge in [0.2, 0.25) is 5.91 Å². The lowest BCUT2D eigenvalue weighted by Gasteiger charge is -2.28. The topological polar surface area (TPSA) is 60.9 Å². The Kier molecular flexibility index (Phi) is 7.46. The van der Waals surface area contributed by atoms with E-state index in [-0.39, 0.29) is 25.5 Å². The van der Waals surface area contributed by atoms with Crippen LogP contribution in [0, 0.1) is 0 Å². The van der Waals surface area contributed by atoms with Crippen molar-refractivity contribution in [2.24, 2.45) is 0 Å². The number of hydrogen-bond acceptors (Lipinski definition) is 3. The molecular weight excluding hydrogens is 400 g/mol. The highest BCUT2D eigenvalue weighted by Gasteiger charge is 2.21. The van der Waals surface area contributed by atoms with Crippen LogP contribution in [0.15, 0.2) is 84.9 Å². The molecule has 0 spiro atoms. The summed E-state index contributed by atoms with van der Waals surface area (Å²) >= 11 is 5.93. The van der Waals surface area contributed by atoms with E-state index in [0.717, 1.165) is 16.8 Å². The van der Waals surface area contributed by atoms with Crippen molar-refractivity contribution in [2.75, 3.05) is 18.0 Å². The molecule has 0 atom stereocenters. The Bertz CT molecular complexity index is 963. The summed E-state index contributed by atoms with van der Waals surface area (Å²) < 4.78 is 0. The molecule has 0 aliphatic carbocycles. The molecular formula is C24H23ClN2O3. The van der Waals surface area contributed by atoms with Gasteiger partial charge in [0.05, 0.1) is 6.54 Å². The zero-order chi connectivity index (χ0) is 21.3. The van der Waals surface area contributed by atoms with Crippen LogP contribution < -0.4 is 4.90 Å². The van der Waals surface area contributed by atoms with Gasteiger partial charge in [-0.15, -0.1) is 0 Å². The number of hydrogen-bond donors (Lipinski definition) is 1. The summed E-state index contributed by atoms with van der Waals surface area (Å²) in [5, 5.41) is 9.90. The lowest BCUT2D eigenvalue weighted by molar-refractivity contribution is -0.144. The summed E-state index contributed by atoms with van der Waals surface area (Å²) in [6, 6.07) is 26.5. The van der Waals surface area contributed by atoms with E-state index >= 15 is 0 Å². The van der Waals surface area contributed by atoms with Crippen molar-refractivity contribution < 1.29 is 14.7 Å². The average Bonchev–Trinajstić information content (AvgIpc) is 2.75. The van der Waals surface area contributed by atoms with Crippen molar-refractivity contribution in [1.82, 2.24) is 4.90 Å². The Balaban J connectivity index is 1.79. The quantitative estimate of drug-likeness (QED) is 0.553. The minimum absolute atomic E-state index is 0.0692. The monoisotopic (exact) mass is 422 g/mol. The zero-order valence-corrected chi connectivity index (χ0v) is 17.2. The van der Waals surface area contributed by atoms with Crippen LogP contribution in [0.4, 0.5) is 5.69 Å². The Hall–Kier alpha value is -3.31. The molecule has 30 heavy (non-hydrogen) atoms. The lowest BCUT2D eigenvalue weighted by Crippen LogP contribution is -2.42. The maximum absolute atomic E-state index is 13.1. The molecule has 0 unspecified atom stereocenters. The second kappa shape index (κ2) is 10.5. The summed E-state index contributed by atoms with van der Waals surface area (Å²) in [6.45, 7) is 0.448. The Morgan fingerprint density at radius 1 is 0.733 bits per heavy atom. The minimum Gasteiger partial charge on any atom is -0.480 e. The molecule has 1 amide bonds. The number of para-hydroxylation sites is 1. The maximum atomic E-state index is 13.1. The lowest BCUT2D eigenvalue weighted by atomic mass is 10.2. The number of halogens is 1. The van der Waals surface area contributed by atoms with Crippen LogP contribution in [0.25, 0.3) is 0 Å². The van der Waals surface area contributed by atoms with Crippen LogP contribution in [0.5, 0.6) is 0 Å². The highest BCUT2D eigenvalue weighted by molar-refractivity contribution is 6.30. The van der Waals surface area contributed by atoms with Crippen LogP contribution in [0.3, 0.4) is 0 Å². The number of carboxylic acid groups (broad SMARTS) is 1. The first kappa shape index (κ1) is 21.4. The second-order valence-electron chi connectivity index (χ2n) is 6.95. The average molecular weight is 423 g/mol. The summed E-state index contributed by atoms with van der Waals surface area (Å²) in [6.07, 6.45) is 0. The highest BCUT2D eigenvalue weighted by atomic mass is 35.5. The zero-order valence-electron chi connectivity index (χ0n) is 16.4. The van der Waals surface area contributed by atoms with Gasteiger partial charge in [-0.05, 0) is 35.4 Å². The molecule has 3 rings (SSSR count). The van der Waals surface area contributed by atoms with Gasteiger partial charge in [-0.25, -0.2) is 0 Å². The number of aliphatic carboxylic acids is 1. The van der Waals surface area contributed by atoms with Crippen molar-refractivity contribution in [1.29, 1.82) is 0 Å².